The third kappa shape index (κ3) is 4.92. The monoisotopic (exact) mass is 334 g/mol. The molecule has 0 saturated heterocycles. The second-order valence-electron chi connectivity index (χ2n) is 6.10. The van der Waals surface area contributed by atoms with Crippen LogP contribution >= 0.6 is 0 Å². The first-order valence-corrected chi connectivity index (χ1v) is 9.04. The Kier molecular flexibility index (Phi) is 6.21. The number of aliphatic imine (C=N–C) groups is 1. The molecule has 1 aromatic heterocycles. The summed E-state index contributed by atoms with van der Waals surface area (Å²) in [6, 6.07) is 16.7. The first-order valence-electron chi connectivity index (χ1n) is 9.04. The molecule has 0 radical (unpaired) electrons. The van der Waals surface area contributed by atoms with E-state index in [-0.39, 0.29) is 0 Å². The third-order valence-electron chi connectivity index (χ3n) is 4.34. The van der Waals surface area contributed by atoms with Crippen LogP contribution in [0.4, 0.5) is 0 Å². The number of rotatable bonds is 5. The molecule has 0 unspecified atom stereocenters. The molecular weight excluding hydrogens is 308 g/mol. The molecule has 1 N–H and O–H groups in total. The maximum atomic E-state index is 4.79. The molecule has 0 spiro atoms. The largest absolute Gasteiger partial charge is 0.357 e. The van der Waals surface area contributed by atoms with Crippen molar-refractivity contribution in [2.45, 2.75) is 19.8 Å². The van der Waals surface area contributed by atoms with Gasteiger partial charge in [-0.1, -0.05) is 42.5 Å². The van der Waals surface area contributed by atoms with Crippen LogP contribution in [0.5, 0.6) is 0 Å². The Morgan fingerprint density at radius 3 is 2.68 bits per heavy atom. The first kappa shape index (κ1) is 17.2. The van der Waals surface area contributed by atoms with E-state index >= 15 is 0 Å². The average Bonchev–Trinajstić information content (AvgIpc) is 2.69. The molecule has 4 nitrogen and oxygen atoms in total. The zero-order valence-electron chi connectivity index (χ0n) is 14.9. The zero-order valence-corrected chi connectivity index (χ0v) is 14.9. The highest BCUT2D eigenvalue weighted by molar-refractivity contribution is 5.81. The highest BCUT2D eigenvalue weighted by atomic mass is 15.3. The fourth-order valence-electron chi connectivity index (χ4n) is 3.02. The molecule has 0 saturated carbocycles. The molecule has 0 amide bonds. The smallest absolute Gasteiger partial charge is 0.194 e. The number of aromatic nitrogens is 1. The van der Waals surface area contributed by atoms with Gasteiger partial charge in [-0.3, -0.25) is 9.98 Å². The molecule has 25 heavy (non-hydrogen) atoms. The standard InChI is InChI=1S/C21H26N4/c1-2-22-21(24-15-11-20-10-6-7-14-23-20)25-16-12-19(13-17-25)18-8-4-3-5-9-18/h3-10,12,14H,2,11,13,15-17H2,1H3,(H,22,24). The SMILES string of the molecule is CCNC(=NCCc1ccccn1)N1CC=C(c2ccccc2)CC1. The topological polar surface area (TPSA) is 40.5 Å². The lowest BCUT2D eigenvalue weighted by Crippen LogP contribution is -2.43. The summed E-state index contributed by atoms with van der Waals surface area (Å²) in [4.78, 5) is 11.5. The van der Waals surface area contributed by atoms with Crippen molar-refractivity contribution in [2.24, 2.45) is 4.99 Å². The van der Waals surface area contributed by atoms with Crippen molar-refractivity contribution in [3.63, 3.8) is 0 Å². The van der Waals surface area contributed by atoms with Crippen molar-refractivity contribution < 1.29 is 0 Å². The second-order valence-corrected chi connectivity index (χ2v) is 6.10. The minimum atomic E-state index is 0.755. The molecule has 0 bridgehead atoms. The second kappa shape index (κ2) is 9.02. The van der Waals surface area contributed by atoms with Crippen LogP contribution in [0.15, 0.2) is 65.8 Å². The molecule has 1 aliphatic rings. The van der Waals surface area contributed by atoms with Crippen LogP contribution in [-0.4, -0.2) is 42.0 Å². The highest BCUT2D eigenvalue weighted by Gasteiger charge is 2.15. The van der Waals surface area contributed by atoms with Crippen molar-refractivity contribution in [1.82, 2.24) is 15.2 Å². The fraction of sp³-hybridized carbons (Fsp3) is 0.333. The predicted octanol–water partition coefficient (Wildman–Crippen LogP) is 3.38. The average molecular weight is 334 g/mol. The van der Waals surface area contributed by atoms with Crippen LogP contribution in [-0.2, 0) is 6.42 Å². The molecule has 2 heterocycles. The van der Waals surface area contributed by atoms with Gasteiger partial charge in [-0.25, -0.2) is 0 Å². The molecule has 0 atom stereocenters. The lowest BCUT2D eigenvalue weighted by molar-refractivity contribution is 0.440. The Morgan fingerprint density at radius 1 is 1.16 bits per heavy atom. The van der Waals surface area contributed by atoms with E-state index in [0.29, 0.717) is 0 Å². The fourth-order valence-corrected chi connectivity index (χ4v) is 3.02. The first-order chi connectivity index (χ1) is 12.4. The van der Waals surface area contributed by atoms with Gasteiger partial charge in [0.25, 0.3) is 0 Å². The molecule has 1 aromatic carbocycles. The van der Waals surface area contributed by atoms with E-state index in [9.17, 15) is 0 Å². The molecule has 3 rings (SSSR count). The maximum absolute atomic E-state index is 4.79. The van der Waals surface area contributed by atoms with Crippen LogP contribution in [0.3, 0.4) is 0 Å². The number of nitrogens with zero attached hydrogens (tertiary/aromatic N) is 3. The molecule has 0 fully saturated rings. The Morgan fingerprint density at radius 2 is 2.00 bits per heavy atom. The van der Waals surface area contributed by atoms with Gasteiger partial charge < -0.3 is 10.2 Å². The Hall–Kier alpha value is -2.62. The molecule has 0 aliphatic carbocycles. The number of hydrogen-bond donors (Lipinski definition) is 1. The van der Waals surface area contributed by atoms with E-state index < -0.39 is 0 Å². The van der Waals surface area contributed by atoms with Crippen LogP contribution in [0.1, 0.15) is 24.6 Å². The number of benzene rings is 1. The number of hydrogen-bond acceptors (Lipinski definition) is 2. The van der Waals surface area contributed by atoms with Crippen molar-refractivity contribution in [2.75, 3.05) is 26.2 Å². The summed E-state index contributed by atoms with van der Waals surface area (Å²) in [6.45, 7) is 5.65. The third-order valence-corrected chi connectivity index (χ3v) is 4.34. The van der Waals surface area contributed by atoms with Gasteiger partial charge in [-0.15, -0.1) is 0 Å². The van der Waals surface area contributed by atoms with Crippen molar-refractivity contribution in [3.8, 4) is 0 Å². The number of nitrogens with one attached hydrogen (secondary N) is 1. The van der Waals surface area contributed by atoms with E-state index in [1.165, 1.54) is 11.1 Å². The lowest BCUT2D eigenvalue weighted by Gasteiger charge is -2.30. The molecule has 1 aliphatic heterocycles. The van der Waals surface area contributed by atoms with Crippen LogP contribution in [0.2, 0.25) is 0 Å². The Balaban J connectivity index is 1.61. The van der Waals surface area contributed by atoms with Gasteiger partial charge >= 0.3 is 0 Å². The van der Waals surface area contributed by atoms with Gasteiger partial charge in [0.05, 0.1) is 0 Å². The summed E-state index contributed by atoms with van der Waals surface area (Å²) in [5.41, 5.74) is 3.85. The van der Waals surface area contributed by atoms with Gasteiger partial charge in [0.1, 0.15) is 0 Å². The minimum absolute atomic E-state index is 0.755. The summed E-state index contributed by atoms with van der Waals surface area (Å²) >= 11 is 0. The quantitative estimate of drug-likeness (QED) is 0.673. The minimum Gasteiger partial charge on any atom is -0.357 e. The predicted molar refractivity (Wildman–Crippen MR) is 105 cm³/mol. The summed E-state index contributed by atoms with van der Waals surface area (Å²) < 4.78 is 0. The molecular formula is C21H26N4. The van der Waals surface area contributed by atoms with Crippen molar-refractivity contribution >= 4 is 11.5 Å². The lowest BCUT2D eigenvalue weighted by atomic mass is 10.00. The van der Waals surface area contributed by atoms with E-state index in [2.05, 4.69) is 64.6 Å². The normalized spacial score (nSPS) is 15.0. The van der Waals surface area contributed by atoms with Crippen molar-refractivity contribution in [1.29, 1.82) is 0 Å². The Bertz CT molecular complexity index is 707. The highest BCUT2D eigenvalue weighted by Crippen LogP contribution is 2.21. The van der Waals surface area contributed by atoms with Gasteiger partial charge in [0.15, 0.2) is 5.96 Å². The summed E-state index contributed by atoms with van der Waals surface area (Å²) in [6.07, 6.45) is 6.08. The van der Waals surface area contributed by atoms with Gasteiger partial charge in [-0.2, -0.15) is 0 Å². The molecule has 130 valence electrons. The van der Waals surface area contributed by atoms with E-state index in [1.807, 2.05) is 18.3 Å². The van der Waals surface area contributed by atoms with Gasteiger partial charge in [0.2, 0.25) is 0 Å². The molecule has 4 heteroatoms. The van der Waals surface area contributed by atoms with Gasteiger partial charge in [-0.05, 0) is 36.6 Å². The summed E-state index contributed by atoms with van der Waals surface area (Å²) in [7, 11) is 0. The van der Waals surface area contributed by atoms with E-state index in [0.717, 1.165) is 50.7 Å². The van der Waals surface area contributed by atoms with Crippen LogP contribution < -0.4 is 5.32 Å². The van der Waals surface area contributed by atoms with Gasteiger partial charge in [0, 0.05) is 44.5 Å². The molecule has 2 aromatic rings. The van der Waals surface area contributed by atoms with Crippen LogP contribution in [0, 0.1) is 0 Å². The van der Waals surface area contributed by atoms with Crippen LogP contribution in [0.25, 0.3) is 5.57 Å². The Labute approximate surface area is 150 Å². The van der Waals surface area contributed by atoms with Crippen molar-refractivity contribution in [3.05, 3.63) is 72.1 Å². The number of guanidine groups is 1. The van der Waals surface area contributed by atoms with E-state index in [1.54, 1.807) is 0 Å². The maximum Gasteiger partial charge on any atom is 0.194 e. The number of pyridine rings is 1. The summed E-state index contributed by atoms with van der Waals surface area (Å²) in [5.74, 6) is 1.00. The van der Waals surface area contributed by atoms with E-state index in [4.69, 9.17) is 4.99 Å². The zero-order chi connectivity index (χ0) is 17.3. The summed E-state index contributed by atoms with van der Waals surface area (Å²) in [5, 5.41) is 3.42.